The fourth-order valence-electron chi connectivity index (χ4n) is 8.30. The maximum absolute atomic E-state index is 11.6. The van der Waals surface area contributed by atoms with Gasteiger partial charge in [-0.2, -0.15) is 0 Å². The summed E-state index contributed by atoms with van der Waals surface area (Å²) in [5, 5.41) is 31.5. The molecule has 0 spiro atoms. The van der Waals surface area contributed by atoms with Gasteiger partial charge in [0.25, 0.3) is 0 Å². The number of amidine groups is 1. The average molecular weight is 740 g/mol. The van der Waals surface area contributed by atoms with Crippen molar-refractivity contribution >= 4 is 36.6 Å². The number of aliphatic hydroxyl groups is 3. The Morgan fingerprint density at radius 3 is 1.90 bits per heavy atom. The predicted molar refractivity (Wildman–Crippen MR) is 210 cm³/mol. The number of nitrogens with zero attached hydrogens (tertiary/aromatic N) is 4. The molecule has 0 aromatic heterocycles. The molecule has 4 rings (SSSR count). The van der Waals surface area contributed by atoms with E-state index >= 15 is 0 Å². The summed E-state index contributed by atoms with van der Waals surface area (Å²) in [5.74, 6) is 1.15. The van der Waals surface area contributed by atoms with Crippen LogP contribution >= 0.6 is 0 Å². The van der Waals surface area contributed by atoms with Crippen LogP contribution < -0.4 is 5.73 Å². The molecule has 3 aliphatic heterocycles. The van der Waals surface area contributed by atoms with Crippen molar-refractivity contribution < 1.29 is 24.8 Å². The van der Waals surface area contributed by atoms with Crippen LogP contribution in [0.2, 0.25) is 54.4 Å². The first-order chi connectivity index (χ1) is 22.2. The molecule has 5 N–H and O–H groups in total. The lowest BCUT2D eigenvalue weighted by Crippen LogP contribution is -2.88. The Balaban J connectivity index is 2.10. The quantitative estimate of drug-likeness (QED) is 0.204. The molecule has 0 amide bonds. The smallest absolute Gasteiger partial charge is 0.195 e. The van der Waals surface area contributed by atoms with Gasteiger partial charge in [-0.1, -0.05) is 134 Å². The normalized spacial score (nSPS) is 34.4. The van der Waals surface area contributed by atoms with Crippen LogP contribution in [0, 0.1) is 5.92 Å². The number of fused-ring (bicyclic) bond motifs is 1. The van der Waals surface area contributed by atoms with E-state index < -0.39 is 72.3 Å². The monoisotopic (exact) mass is 739 g/mol. The molecule has 0 radical (unpaired) electrons. The Bertz CT molecular complexity index is 1250. The Hall–Kier alpha value is -0.649. The van der Waals surface area contributed by atoms with Gasteiger partial charge in [-0.3, -0.25) is 9.56 Å². The number of hydrogen-bond acceptors (Lipinski definition) is 10. The summed E-state index contributed by atoms with van der Waals surface area (Å²) in [6.07, 6.45) is 4.36. The summed E-state index contributed by atoms with van der Waals surface area (Å²) in [7, 11) is -7.87. The van der Waals surface area contributed by atoms with Gasteiger partial charge in [-0.05, 0) is 27.5 Å². The van der Waals surface area contributed by atoms with Gasteiger partial charge in [0.05, 0.1) is 27.6 Å². The Labute approximate surface area is 301 Å². The lowest BCUT2D eigenvalue weighted by Gasteiger charge is -2.68. The zero-order chi connectivity index (χ0) is 37.4. The number of aliphatic imine (C=N–C) groups is 2. The Morgan fingerprint density at radius 2 is 1.43 bits per heavy atom. The van der Waals surface area contributed by atoms with Crippen LogP contribution in [0.15, 0.2) is 9.98 Å². The van der Waals surface area contributed by atoms with Crippen molar-refractivity contribution in [1.29, 1.82) is 0 Å². The van der Waals surface area contributed by atoms with Crippen LogP contribution in [0.4, 0.5) is 0 Å². The number of rotatable bonds is 9. The van der Waals surface area contributed by atoms with Gasteiger partial charge in [0.15, 0.2) is 11.7 Å². The van der Waals surface area contributed by atoms with E-state index in [2.05, 4.69) is 106 Å². The zero-order valence-corrected chi connectivity index (χ0v) is 36.7. The maximum atomic E-state index is 11.6. The molecule has 4 aliphatic rings. The molecule has 10 nitrogen and oxygen atoms in total. The van der Waals surface area contributed by atoms with Crippen molar-refractivity contribution in [1.82, 2.24) is 9.47 Å². The minimum atomic E-state index is -2.64. The molecule has 0 aromatic rings. The Morgan fingerprint density at radius 1 is 0.878 bits per heavy atom. The van der Waals surface area contributed by atoms with E-state index in [0.717, 1.165) is 6.42 Å². The van der Waals surface area contributed by atoms with Gasteiger partial charge in [0.2, 0.25) is 0 Å². The first-order valence-electron chi connectivity index (χ1n) is 18.9. The van der Waals surface area contributed by atoms with Gasteiger partial charge in [0.1, 0.15) is 51.8 Å². The molecule has 49 heavy (non-hydrogen) atoms. The third-order valence-electron chi connectivity index (χ3n) is 14.6. The molecule has 13 heteroatoms. The Kier molecular flexibility index (Phi) is 11.2. The van der Waals surface area contributed by atoms with Crippen LogP contribution in [0.3, 0.4) is 0 Å². The van der Waals surface area contributed by atoms with Crippen LogP contribution in [-0.4, -0.2) is 116 Å². The number of nitrogens with two attached hydrogens (primary N) is 1. The van der Waals surface area contributed by atoms with Gasteiger partial charge >= 0.3 is 0 Å². The van der Waals surface area contributed by atoms with E-state index in [1.54, 1.807) is 0 Å². The van der Waals surface area contributed by atoms with E-state index in [1.807, 2.05) is 11.2 Å². The molecule has 2 fully saturated rings. The summed E-state index contributed by atoms with van der Waals surface area (Å²) < 4.78 is 16.6. The predicted octanol–water partition coefficient (Wildman–Crippen LogP) is 6.25. The number of ether oxygens (including phenoxy) is 2. The number of hydrogen-bond donors (Lipinski definition) is 4. The van der Waals surface area contributed by atoms with Crippen molar-refractivity contribution in [2.75, 3.05) is 13.2 Å². The van der Waals surface area contributed by atoms with Crippen LogP contribution in [0.1, 0.15) is 101 Å². The van der Waals surface area contributed by atoms with Crippen molar-refractivity contribution in [2.45, 2.75) is 197 Å². The molecular formula is C36H73N5O5Si3. The highest BCUT2D eigenvalue weighted by atomic mass is 28.3. The van der Waals surface area contributed by atoms with E-state index in [-0.39, 0.29) is 15.1 Å². The van der Waals surface area contributed by atoms with E-state index in [9.17, 15) is 15.3 Å². The molecule has 284 valence electrons. The molecule has 5 unspecified atom stereocenters. The lowest BCUT2D eigenvalue weighted by molar-refractivity contribution is -0.147. The van der Waals surface area contributed by atoms with Gasteiger partial charge in [-0.15, -0.1) is 0 Å². The van der Waals surface area contributed by atoms with Crippen molar-refractivity contribution in [3.63, 3.8) is 0 Å². The van der Waals surface area contributed by atoms with E-state index in [4.69, 9.17) is 25.2 Å². The molecule has 7 atom stereocenters. The average Bonchev–Trinajstić information content (AvgIpc) is 3.50. The fraction of sp³-hybridized carbons (Fsp3) is 0.944. The van der Waals surface area contributed by atoms with Crippen LogP contribution in [0.5, 0.6) is 0 Å². The van der Waals surface area contributed by atoms with Crippen LogP contribution in [0.25, 0.3) is 0 Å². The van der Waals surface area contributed by atoms with E-state index in [1.165, 1.54) is 32.1 Å². The summed E-state index contributed by atoms with van der Waals surface area (Å²) in [4.78, 5) is 13.3. The summed E-state index contributed by atoms with van der Waals surface area (Å²) in [6, 6.07) is 0. The molecule has 0 aromatic carbocycles. The lowest BCUT2D eigenvalue weighted by atomic mass is 9.87. The van der Waals surface area contributed by atoms with Crippen LogP contribution in [-0.2, 0) is 9.47 Å². The van der Waals surface area contributed by atoms with Crippen molar-refractivity contribution in [3.05, 3.63) is 0 Å². The van der Waals surface area contributed by atoms with Crippen molar-refractivity contribution in [3.8, 4) is 0 Å². The molecule has 1 saturated carbocycles. The summed E-state index contributed by atoms with van der Waals surface area (Å²) >= 11 is 0. The second-order valence-corrected chi connectivity index (χ2v) is 36.2. The van der Waals surface area contributed by atoms with Crippen molar-refractivity contribution in [2.24, 2.45) is 21.6 Å². The fourth-order valence-corrected chi connectivity index (χ4v) is 18.3. The highest BCUT2D eigenvalue weighted by molar-refractivity contribution is 6.89. The molecule has 1 saturated heterocycles. The molecule has 3 heterocycles. The topological polar surface area (TPSA) is 136 Å². The first-order valence-corrected chi connectivity index (χ1v) is 27.9. The largest absolute Gasteiger partial charge is 0.394 e. The van der Waals surface area contributed by atoms with Gasteiger partial charge in [-0.25, -0.2) is 4.99 Å². The summed E-state index contributed by atoms with van der Waals surface area (Å²) in [5.41, 5.74) is 6.49. The second-order valence-electron chi connectivity index (χ2n) is 20.2. The molecular weight excluding hydrogens is 667 g/mol. The molecule has 0 bridgehead atoms. The third kappa shape index (κ3) is 6.30. The first kappa shape index (κ1) is 41.1. The maximum Gasteiger partial charge on any atom is 0.195 e. The molecule has 1 aliphatic carbocycles. The van der Waals surface area contributed by atoms with E-state index in [0.29, 0.717) is 18.4 Å². The number of aliphatic hydroxyl groups excluding tert-OH is 3. The minimum absolute atomic E-state index is 0.134. The zero-order valence-electron chi connectivity index (χ0n) is 33.7. The SMILES string of the molecule is CC(C)(C)[Si](C)(C)N1C2N([C@@H]3O[C@H](CO)C(O)C3O)C=NC2([Si](C)(C)C(C)(C)C)C(N)=NC1(OCCC1CCCCC1)[Si](C)(C)C(C)(C)C. The highest BCUT2D eigenvalue weighted by Gasteiger charge is 2.76. The highest BCUT2D eigenvalue weighted by Crippen LogP contribution is 2.60. The third-order valence-corrected chi connectivity index (χ3v) is 32.4. The summed E-state index contributed by atoms with van der Waals surface area (Å²) in [6.45, 7) is 35.5. The minimum Gasteiger partial charge on any atom is -0.394 e. The van der Waals surface area contributed by atoms with Gasteiger partial charge in [0, 0.05) is 0 Å². The standard InChI is InChI=1S/C36H73N5O5Si3/c1-32(2,3)47(10,11)35-30(37)39-36(48(12,13)33(4,5)6,45-22-21-25-19-17-16-18-20-25)41(49(14,15)34(7,8)9)31(35)40(24-38-35)29-28(44)27(43)26(23-42)46-29/h24-29,31,42-44H,16-23H2,1-15H3,(H2,37,39)/t26-,27?,28?,29-,31?,35?,36?/m1/s1. The van der Waals surface area contributed by atoms with Gasteiger partial charge < -0.3 is 35.4 Å². The second kappa shape index (κ2) is 13.3.